The molecule has 0 aromatic heterocycles. The highest BCUT2D eigenvalue weighted by Crippen LogP contribution is 2.17. The van der Waals surface area contributed by atoms with Crippen LogP contribution in [-0.4, -0.2) is 65.3 Å². The highest BCUT2D eigenvalue weighted by Gasteiger charge is 2.23. The number of rotatable bonds is 5. The number of likely N-dealkylation sites (N-methyl/N-ethyl adjacent to an activating group) is 1. The molecule has 128 valence electrons. The van der Waals surface area contributed by atoms with Crippen LogP contribution in [0.15, 0.2) is 18.2 Å². The number of carbonyl (C=O) groups is 1. The van der Waals surface area contributed by atoms with E-state index in [0.29, 0.717) is 25.9 Å². The molecule has 2 rings (SSSR count). The topological polar surface area (TPSA) is 64.0 Å². The smallest absolute Gasteiger partial charge is 0.236 e. The summed E-state index contributed by atoms with van der Waals surface area (Å²) in [6.07, 6.45) is -0.196. The largest absolute Gasteiger partial charge is 0.393 e. The minimum atomic E-state index is -1.01. The van der Waals surface area contributed by atoms with Crippen molar-refractivity contribution in [2.24, 2.45) is 0 Å². The van der Waals surface area contributed by atoms with Crippen molar-refractivity contribution < 1.29 is 23.8 Å². The minimum Gasteiger partial charge on any atom is -0.393 e. The third kappa shape index (κ3) is 4.95. The van der Waals surface area contributed by atoms with Gasteiger partial charge in [0, 0.05) is 19.6 Å². The lowest BCUT2D eigenvalue weighted by atomic mass is 10.1. The average Bonchev–Trinajstić information content (AvgIpc) is 2.50. The number of piperidine rings is 1. The van der Waals surface area contributed by atoms with Gasteiger partial charge in [-0.2, -0.15) is 0 Å². The molecule has 1 aromatic carbocycles. The molecule has 1 unspecified atom stereocenters. The number of hydrogen-bond acceptors (Lipinski definition) is 4. The van der Waals surface area contributed by atoms with Gasteiger partial charge in [0.05, 0.1) is 18.8 Å². The summed E-state index contributed by atoms with van der Waals surface area (Å²) in [5, 5.41) is 19.5. The second-order valence-electron chi connectivity index (χ2n) is 6.00. The molecule has 1 saturated heterocycles. The first kappa shape index (κ1) is 17.8. The maximum absolute atomic E-state index is 13.2. The third-order valence-electron chi connectivity index (χ3n) is 4.04. The predicted octanol–water partition coefficient (Wildman–Crippen LogP) is 0.913. The minimum absolute atomic E-state index is 0.0723. The molecule has 7 heteroatoms. The van der Waals surface area contributed by atoms with Gasteiger partial charge in [-0.1, -0.05) is 6.07 Å². The van der Waals surface area contributed by atoms with Gasteiger partial charge in [-0.3, -0.25) is 9.69 Å². The molecule has 23 heavy (non-hydrogen) atoms. The lowest BCUT2D eigenvalue weighted by Crippen LogP contribution is -2.45. The molecule has 0 spiro atoms. The molecule has 2 N–H and O–H groups in total. The van der Waals surface area contributed by atoms with Gasteiger partial charge in [0.25, 0.3) is 0 Å². The monoisotopic (exact) mass is 328 g/mol. The number of halogens is 2. The molecule has 1 fully saturated rings. The first-order valence-corrected chi connectivity index (χ1v) is 7.64. The molecule has 1 heterocycles. The summed E-state index contributed by atoms with van der Waals surface area (Å²) in [5.41, 5.74) is 0.268. The highest BCUT2D eigenvalue weighted by atomic mass is 19.2. The van der Waals surface area contributed by atoms with Crippen LogP contribution in [0.5, 0.6) is 0 Å². The zero-order chi connectivity index (χ0) is 17.0. The Labute approximate surface area is 134 Å². The second-order valence-corrected chi connectivity index (χ2v) is 6.00. The summed E-state index contributed by atoms with van der Waals surface area (Å²) in [6.45, 7) is 1.31. The van der Waals surface area contributed by atoms with Crippen LogP contribution in [0.3, 0.4) is 0 Å². The Balaban J connectivity index is 1.84. The van der Waals surface area contributed by atoms with E-state index in [1.54, 1.807) is 16.8 Å². The van der Waals surface area contributed by atoms with Crippen LogP contribution < -0.4 is 0 Å². The molecule has 1 aliphatic heterocycles. The highest BCUT2D eigenvalue weighted by molar-refractivity contribution is 5.78. The van der Waals surface area contributed by atoms with Crippen molar-refractivity contribution in [3.05, 3.63) is 35.4 Å². The van der Waals surface area contributed by atoms with Gasteiger partial charge in [-0.25, -0.2) is 8.78 Å². The van der Waals surface area contributed by atoms with Crippen LogP contribution in [0, 0.1) is 11.6 Å². The summed E-state index contributed by atoms with van der Waals surface area (Å²) < 4.78 is 26.1. The van der Waals surface area contributed by atoms with E-state index in [9.17, 15) is 23.8 Å². The quantitative estimate of drug-likeness (QED) is 0.843. The molecule has 0 aliphatic carbocycles. The van der Waals surface area contributed by atoms with Gasteiger partial charge < -0.3 is 15.1 Å². The molecule has 1 amide bonds. The molecule has 1 atom stereocenters. The van der Waals surface area contributed by atoms with E-state index < -0.39 is 17.7 Å². The maximum atomic E-state index is 13.2. The predicted molar refractivity (Wildman–Crippen MR) is 80.6 cm³/mol. The Morgan fingerprint density at radius 2 is 2.00 bits per heavy atom. The number of carbonyl (C=O) groups excluding carboxylic acids is 1. The Morgan fingerprint density at radius 3 is 2.61 bits per heavy atom. The number of nitrogens with zero attached hydrogens (tertiary/aromatic N) is 2. The van der Waals surface area contributed by atoms with Crippen LogP contribution in [0.25, 0.3) is 0 Å². The molecule has 5 nitrogen and oxygen atoms in total. The fourth-order valence-corrected chi connectivity index (χ4v) is 2.63. The Hall–Kier alpha value is -1.57. The standard InChI is InChI=1S/C16H22F2N2O3/c1-19(10-16(23)20-6-4-12(21)5-7-20)9-15(22)11-2-3-13(17)14(18)8-11/h2-3,8,12,15,21-22H,4-7,9-10H2,1H3. The van der Waals surface area contributed by atoms with Crippen molar-refractivity contribution in [2.75, 3.05) is 33.2 Å². The van der Waals surface area contributed by atoms with Crippen LogP contribution in [-0.2, 0) is 4.79 Å². The van der Waals surface area contributed by atoms with Crippen molar-refractivity contribution >= 4 is 5.91 Å². The molecule has 0 saturated carbocycles. The van der Waals surface area contributed by atoms with Crippen LogP contribution in [0.4, 0.5) is 8.78 Å². The van der Waals surface area contributed by atoms with E-state index in [0.717, 1.165) is 12.1 Å². The van der Waals surface area contributed by atoms with Gasteiger partial charge >= 0.3 is 0 Å². The Morgan fingerprint density at radius 1 is 1.35 bits per heavy atom. The average molecular weight is 328 g/mol. The fourth-order valence-electron chi connectivity index (χ4n) is 2.63. The van der Waals surface area contributed by atoms with Gasteiger partial charge in [-0.15, -0.1) is 0 Å². The number of likely N-dealkylation sites (tertiary alicyclic amines) is 1. The van der Waals surface area contributed by atoms with Crippen molar-refractivity contribution in [1.29, 1.82) is 0 Å². The Bertz CT molecular complexity index is 548. The molecular formula is C16H22F2N2O3. The molecular weight excluding hydrogens is 306 g/mol. The van der Waals surface area contributed by atoms with Crippen LogP contribution in [0.1, 0.15) is 24.5 Å². The van der Waals surface area contributed by atoms with Gasteiger partial charge in [-0.05, 0) is 37.6 Å². The summed E-state index contributed by atoms with van der Waals surface area (Å²) in [7, 11) is 1.68. The van der Waals surface area contributed by atoms with E-state index in [-0.39, 0.29) is 30.7 Å². The summed E-state index contributed by atoms with van der Waals surface area (Å²) in [6, 6.07) is 3.25. The lowest BCUT2D eigenvalue weighted by molar-refractivity contribution is -0.134. The fraction of sp³-hybridized carbons (Fsp3) is 0.562. The van der Waals surface area contributed by atoms with Crippen molar-refractivity contribution in [2.45, 2.75) is 25.0 Å². The molecule has 1 aromatic rings. The maximum Gasteiger partial charge on any atom is 0.236 e. The van der Waals surface area contributed by atoms with Crippen molar-refractivity contribution in [1.82, 2.24) is 9.80 Å². The summed E-state index contributed by atoms with van der Waals surface area (Å²) in [4.78, 5) is 15.5. The van der Waals surface area contributed by atoms with E-state index in [1.807, 2.05) is 0 Å². The number of aliphatic hydroxyl groups is 2. The number of benzene rings is 1. The number of amides is 1. The second kappa shape index (κ2) is 7.81. The number of hydrogen-bond donors (Lipinski definition) is 2. The van der Waals surface area contributed by atoms with Gasteiger partial charge in [0.1, 0.15) is 0 Å². The van der Waals surface area contributed by atoms with Gasteiger partial charge in [0.15, 0.2) is 11.6 Å². The SMILES string of the molecule is CN(CC(=O)N1CCC(O)CC1)CC(O)c1ccc(F)c(F)c1. The van der Waals surface area contributed by atoms with E-state index in [2.05, 4.69) is 0 Å². The molecule has 0 bridgehead atoms. The van der Waals surface area contributed by atoms with E-state index >= 15 is 0 Å². The molecule has 0 radical (unpaired) electrons. The van der Waals surface area contributed by atoms with Crippen LogP contribution in [0.2, 0.25) is 0 Å². The summed E-state index contributed by atoms with van der Waals surface area (Å²) in [5.74, 6) is -2.04. The van der Waals surface area contributed by atoms with Gasteiger partial charge in [0.2, 0.25) is 5.91 Å². The zero-order valence-corrected chi connectivity index (χ0v) is 13.1. The molecule has 1 aliphatic rings. The van der Waals surface area contributed by atoms with Crippen molar-refractivity contribution in [3.8, 4) is 0 Å². The van der Waals surface area contributed by atoms with E-state index in [4.69, 9.17) is 0 Å². The van der Waals surface area contributed by atoms with Crippen LogP contribution >= 0.6 is 0 Å². The normalized spacial score (nSPS) is 17.6. The van der Waals surface area contributed by atoms with E-state index in [1.165, 1.54) is 6.07 Å². The summed E-state index contributed by atoms with van der Waals surface area (Å²) >= 11 is 0. The zero-order valence-electron chi connectivity index (χ0n) is 13.1. The first-order valence-electron chi connectivity index (χ1n) is 7.64. The van der Waals surface area contributed by atoms with Crippen molar-refractivity contribution in [3.63, 3.8) is 0 Å². The first-order chi connectivity index (χ1) is 10.9. The lowest BCUT2D eigenvalue weighted by Gasteiger charge is -2.31. The third-order valence-corrected chi connectivity index (χ3v) is 4.04. The Kier molecular flexibility index (Phi) is 6.04. The number of aliphatic hydroxyl groups excluding tert-OH is 2.